The van der Waals surface area contributed by atoms with Crippen LogP contribution >= 0.6 is 11.6 Å². The molecule has 0 fully saturated rings. The predicted molar refractivity (Wildman–Crippen MR) is 74.0 cm³/mol. The number of nitrogens with two attached hydrogens (primary N) is 1. The molecule has 7 heteroatoms. The fraction of sp³-hybridized carbons (Fsp3) is 0.357. The van der Waals surface area contributed by atoms with Gasteiger partial charge in [0, 0.05) is 24.6 Å². The Labute approximate surface area is 124 Å². The highest BCUT2D eigenvalue weighted by Gasteiger charge is 2.30. The van der Waals surface area contributed by atoms with Crippen molar-refractivity contribution in [2.45, 2.75) is 31.6 Å². The van der Waals surface area contributed by atoms with Gasteiger partial charge in [0.2, 0.25) is 0 Å². The van der Waals surface area contributed by atoms with E-state index in [1.54, 1.807) is 0 Å². The van der Waals surface area contributed by atoms with Gasteiger partial charge in [0.05, 0.1) is 11.3 Å². The zero-order valence-electron chi connectivity index (χ0n) is 11.0. The molecule has 2 N–H and O–H groups in total. The molecule has 3 nitrogen and oxygen atoms in total. The number of imidazole rings is 1. The van der Waals surface area contributed by atoms with E-state index in [4.69, 9.17) is 17.3 Å². The fourth-order valence-corrected chi connectivity index (χ4v) is 2.83. The summed E-state index contributed by atoms with van der Waals surface area (Å²) in [6.07, 6.45) is -2.91. The van der Waals surface area contributed by atoms with Gasteiger partial charge in [-0.15, -0.1) is 0 Å². The number of rotatable bonds is 1. The van der Waals surface area contributed by atoms with Gasteiger partial charge < -0.3 is 10.3 Å². The number of hydrogen-bond donors (Lipinski definition) is 1. The Kier molecular flexibility index (Phi) is 3.45. The average Bonchev–Trinajstić information content (AvgIpc) is 2.75. The number of halogens is 4. The first-order valence-electron chi connectivity index (χ1n) is 6.54. The van der Waals surface area contributed by atoms with Crippen molar-refractivity contribution in [3.63, 3.8) is 0 Å². The second kappa shape index (κ2) is 5.03. The lowest BCUT2D eigenvalue weighted by Crippen LogP contribution is -2.30. The van der Waals surface area contributed by atoms with E-state index < -0.39 is 11.7 Å². The minimum Gasteiger partial charge on any atom is -0.327 e. The summed E-state index contributed by atoms with van der Waals surface area (Å²) < 4.78 is 39.7. The summed E-state index contributed by atoms with van der Waals surface area (Å²) in [5.74, 6) is 0.593. The Morgan fingerprint density at radius 2 is 1.90 bits per heavy atom. The second-order valence-corrected chi connectivity index (χ2v) is 5.51. The van der Waals surface area contributed by atoms with Crippen LogP contribution in [0.15, 0.2) is 24.3 Å². The van der Waals surface area contributed by atoms with Crippen LogP contribution < -0.4 is 5.73 Å². The van der Waals surface area contributed by atoms with Gasteiger partial charge in [-0.25, -0.2) is 4.98 Å². The second-order valence-electron chi connectivity index (χ2n) is 5.15. The number of alkyl halides is 3. The quantitative estimate of drug-likeness (QED) is 0.875. The van der Waals surface area contributed by atoms with E-state index in [0.717, 1.165) is 24.2 Å². The highest BCUT2D eigenvalue weighted by atomic mass is 35.5. The van der Waals surface area contributed by atoms with Crippen LogP contribution in [0.1, 0.15) is 17.7 Å². The third kappa shape index (κ3) is 2.65. The summed E-state index contributed by atoms with van der Waals surface area (Å²) >= 11 is 6.11. The van der Waals surface area contributed by atoms with Gasteiger partial charge in [0.1, 0.15) is 5.82 Å². The average molecular weight is 316 g/mol. The molecule has 0 radical (unpaired) electrons. The minimum atomic E-state index is -4.34. The van der Waals surface area contributed by atoms with E-state index in [2.05, 4.69) is 4.98 Å². The monoisotopic (exact) mass is 315 g/mol. The highest BCUT2D eigenvalue weighted by molar-refractivity contribution is 6.30. The molecule has 1 aromatic carbocycles. The molecule has 0 spiro atoms. The van der Waals surface area contributed by atoms with Crippen LogP contribution in [-0.2, 0) is 19.1 Å². The minimum absolute atomic E-state index is 0.0483. The lowest BCUT2D eigenvalue weighted by Gasteiger charge is -2.22. The van der Waals surface area contributed by atoms with Crippen LogP contribution in [0.5, 0.6) is 0 Å². The predicted octanol–water partition coefficient (Wildman–Crippen LogP) is 3.50. The summed E-state index contributed by atoms with van der Waals surface area (Å²) in [7, 11) is 0. The van der Waals surface area contributed by atoms with Crippen molar-refractivity contribution in [3.05, 3.63) is 40.7 Å². The van der Waals surface area contributed by atoms with Crippen LogP contribution in [0.3, 0.4) is 0 Å². The number of nitrogens with zero attached hydrogens (tertiary/aromatic N) is 2. The van der Waals surface area contributed by atoms with Crippen molar-refractivity contribution in [2.75, 3.05) is 0 Å². The first-order valence-corrected chi connectivity index (χ1v) is 6.92. The van der Waals surface area contributed by atoms with E-state index in [1.165, 1.54) is 12.1 Å². The maximum absolute atomic E-state index is 12.6. The van der Waals surface area contributed by atoms with Crippen molar-refractivity contribution < 1.29 is 13.2 Å². The molecular weight excluding hydrogens is 303 g/mol. The maximum atomic E-state index is 12.6. The summed E-state index contributed by atoms with van der Waals surface area (Å²) in [4.78, 5) is 4.28. The molecule has 1 aromatic heterocycles. The third-order valence-corrected chi connectivity index (χ3v) is 3.98. The van der Waals surface area contributed by atoms with Gasteiger partial charge in [-0.3, -0.25) is 0 Å². The van der Waals surface area contributed by atoms with Gasteiger partial charge in [0.15, 0.2) is 5.15 Å². The smallest absolute Gasteiger partial charge is 0.327 e. The van der Waals surface area contributed by atoms with Crippen LogP contribution in [0.4, 0.5) is 13.2 Å². The van der Waals surface area contributed by atoms with E-state index >= 15 is 0 Å². The van der Waals surface area contributed by atoms with Crippen LogP contribution in [0, 0.1) is 0 Å². The first-order chi connectivity index (χ1) is 9.86. The molecule has 2 aromatic rings. The molecule has 0 aliphatic carbocycles. The molecule has 21 heavy (non-hydrogen) atoms. The van der Waals surface area contributed by atoms with Crippen molar-refractivity contribution >= 4 is 11.6 Å². The largest absolute Gasteiger partial charge is 0.416 e. The number of fused-ring (bicyclic) bond motifs is 1. The van der Waals surface area contributed by atoms with Gasteiger partial charge in [-0.05, 0) is 18.6 Å². The summed E-state index contributed by atoms with van der Waals surface area (Å²) in [6, 6.07) is 5.00. The van der Waals surface area contributed by atoms with E-state index in [1.807, 2.05) is 4.57 Å². The van der Waals surface area contributed by atoms with E-state index in [-0.39, 0.29) is 6.04 Å². The zero-order chi connectivity index (χ0) is 15.2. The lowest BCUT2D eigenvalue weighted by molar-refractivity contribution is -0.137. The summed E-state index contributed by atoms with van der Waals surface area (Å²) in [5.41, 5.74) is 6.70. The Bertz CT molecular complexity index is 661. The molecule has 112 valence electrons. The lowest BCUT2D eigenvalue weighted by atomic mass is 10.0. The molecule has 0 bridgehead atoms. The van der Waals surface area contributed by atoms with Gasteiger partial charge in [0.25, 0.3) is 0 Å². The van der Waals surface area contributed by atoms with Crippen molar-refractivity contribution in [3.8, 4) is 11.4 Å². The Morgan fingerprint density at radius 3 is 2.52 bits per heavy atom. The van der Waals surface area contributed by atoms with Crippen molar-refractivity contribution in [1.82, 2.24) is 9.55 Å². The SMILES string of the molecule is NC1CCn2c(-c3ccc(C(F)(F)F)cc3)nc(Cl)c2C1. The van der Waals surface area contributed by atoms with Crippen LogP contribution in [0.2, 0.25) is 5.15 Å². The van der Waals surface area contributed by atoms with Gasteiger partial charge in [-0.2, -0.15) is 13.2 Å². The normalized spacial score (nSPS) is 18.6. The van der Waals surface area contributed by atoms with E-state index in [0.29, 0.717) is 29.5 Å². The first kappa shape index (κ1) is 14.4. The number of aromatic nitrogens is 2. The van der Waals surface area contributed by atoms with E-state index in [9.17, 15) is 13.2 Å². The highest BCUT2D eigenvalue weighted by Crippen LogP contribution is 2.33. The molecule has 1 atom stereocenters. The topological polar surface area (TPSA) is 43.8 Å². The zero-order valence-corrected chi connectivity index (χ0v) is 11.7. The molecule has 1 aliphatic rings. The molecule has 1 unspecified atom stereocenters. The third-order valence-electron chi connectivity index (χ3n) is 3.67. The number of benzene rings is 1. The summed E-state index contributed by atoms with van der Waals surface area (Å²) in [5, 5.41) is 0.375. The standard InChI is InChI=1S/C14H13ClF3N3/c15-12-11-7-10(19)5-6-21(11)13(20-12)8-1-3-9(4-2-8)14(16,17)18/h1-4,10H,5-7,19H2. The van der Waals surface area contributed by atoms with Crippen molar-refractivity contribution in [2.24, 2.45) is 5.73 Å². The molecule has 3 rings (SSSR count). The van der Waals surface area contributed by atoms with Crippen molar-refractivity contribution in [1.29, 1.82) is 0 Å². The summed E-state index contributed by atoms with van der Waals surface area (Å²) in [6.45, 7) is 0.673. The Balaban J connectivity index is 2.00. The van der Waals surface area contributed by atoms with Crippen LogP contribution in [-0.4, -0.2) is 15.6 Å². The fourth-order valence-electron chi connectivity index (χ4n) is 2.57. The molecule has 2 heterocycles. The van der Waals surface area contributed by atoms with Crippen LogP contribution in [0.25, 0.3) is 11.4 Å². The molecule has 0 amide bonds. The van der Waals surface area contributed by atoms with Gasteiger partial charge >= 0.3 is 6.18 Å². The molecular formula is C14H13ClF3N3. The Hall–Kier alpha value is -1.53. The maximum Gasteiger partial charge on any atom is 0.416 e. The molecule has 0 saturated carbocycles. The van der Waals surface area contributed by atoms with Gasteiger partial charge in [-0.1, -0.05) is 23.7 Å². The number of hydrogen-bond acceptors (Lipinski definition) is 2. The molecule has 1 aliphatic heterocycles. The Morgan fingerprint density at radius 1 is 1.24 bits per heavy atom. The molecule has 0 saturated heterocycles.